The Kier molecular flexibility index (Phi) is 3.89. The number of rotatable bonds is 3. The summed E-state index contributed by atoms with van der Waals surface area (Å²) in [7, 11) is 1.48. The van der Waals surface area contributed by atoms with Crippen LogP contribution in [-0.4, -0.2) is 41.9 Å². The van der Waals surface area contributed by atoms with Gasteiger partial charge >= 0.3 is 12.3 Å². The fraction of sp³-hybridized carbons (Fsp3) is 0.462. The highest BCUT2D eigenvalue weighted by Gasteiger charge is 2.39. The summed E-state index contributed by atoms with van der Waals surface area (Å²) >= 11 is 0. The lowest BCUT2D eigenvalue weighted by Gasteiger charge is -2.19. The minimum Gasteiger partial charge on any atom is -0.443 e. The van der Waals surface area contributed by atoms with E-state index in [-0.39, 0.29) is 13.0 Å². The predicted molar refractivity (Wildman–Crippen MR) is 64.1 cm³/mol. The number of aliphatic hydroxyl groups excluding tert-OH is 1. The van der Waals surface area contributed by atoms with Crippen LogP contribution in [0.2, 0.25) is 0 Å². The Morgan fingerprint density at radius 2 is 2.10 bits per heavy atom. The lowest BCUT2D eigenvalue weighted by molar-refractivity contribution is -0.137. The zero-order valence-electron chi connectivity index (χ0n) is 10.7. The summed E-state index contributed by atoms with van der Waals surface area (Å²) in [4.78, 5) is 12.6. The van der Waals surface area contributed by atoms with Crippen LogP contribution >= 0.6 is 0 Å². The summed E-state index contributed by atoms with van der Waals surface area (Å²) in [6.45, 7) is -0.300. The lowest BCUT2D eigenvalue weighted by Crippen LogP contribution is -2.37. The molecule has 0 radical (unpaired) electrons. The van der Waals surface area contributed by atoms with E-state index in [4.69, 9.17) is 4.74 Å². The summed E-state index contributed by atoms with van der Waals surface area (Å²) in [6.07, 6.45) is -5.51. The van der Waals surface area contributed by atoms with Gasteiger partial charge in [-0.1, -0.05) is 18.2 Å². The average molecular weight is 289 g/mol. The smallest absolute Gasteiger partial charge is 0.416 e. The van der Waals surface area contributed by atoms with Crippen LogP contribution in [0.3, 0.4) is 0 Å². The van der Waals surface area contributed by atoms with Crippen LogP contribution in [0.25, 0.3) is 0 Å². The van der Waals surface area contributed by atoms with E-state index >= 15 is 0 Å². The van der Waals surface area contributed by atoms with Crippen molar-refractivity contribution in [3.05, 3.63) is 35.4 Å². The topological polar surface area (TPSA) is 49.8 Å². The van der Waals surface area contributed by atoms with E-state index in [1.807, 2.05) is 0 Å². The molecule has 7 heteroatoms. The summed E-state index contributed by atoms with van der Waals surface area (Å²) in [5.74, 6) is 0. The molecule has 1 aliphatic heterocycles. The van der Waals surface area contributed by atoms with Gasteiger partial charge in [-0.15, -0.1) is 0 Å². The van der Waals surface area contributed by atoms with Crippen LogP contribution in [-0.2, 0) is 17.3 Å². The number of benzene rings is 1. The number of carbonyl (C=O) groups is 1. The Balaban J connectivity index is 2.16. The summed E-state index contributed by atoms with van der Waals surface area (Å²) in [5, 5.41) is 9.23. The Bertz CT molecular complexity index is 504. The third-order valence-corrected chi connectivity index (χ3v) is 3.35. The van der Waals surface area contributed by atoms with Gasteiger partial charge in [0.15, 0.2) is 0 Å². The van der Waals surface area contributed by atoms with Crippen molar-refractivity contribution in [2.24, 2.45) is 0 Å². The summed E-state index contributed by atoms with van der Waals surface area (Å²) in [6, 6.07) is 4.32. The van der Waals surface area contributed by atoms with Crippen molar-refractivity contribution in [1.82, 2.24) is 4.90 Å². The van der Waals surface area contributed by atoms with E-state index in [0.29, 0.717) is 5.56 Å². The number of nitrogens with zero attached hydrogens (tertiary/aromatic N) is 1. The molecule has 0 aliphatic carbocycles. The maximum Gasteiger partial charge on any atom is 0.416 e. The van der Waals surface area contributed by atoms with Gasteiger partial charge < -0.3 is 14.7 Å². The summed E-state index contributed by atoms with van der Waals surface area (Å²) < 4.78 is 42.9. The second-order valence-electron chi connectivity index (χ2n) is 4.69. The van der Waals surface area contributed by atoms with Crippen molar-refractivity contribution in [1.29, 1.82) is 0 Å². The molecule has 110 valence electrons. The van der Waals surface area contributed by atoms with Gasteiger partial charge in [0.2, 0.25) is 0 Å². The first-order chi connectivity index (χ1) is 9.32. The van der Waals surface area contributed by atoms with Gasteiger partial charge in [0.05, 0.1) is 18.2 Å². The molecule has 1 heterocycles. The number of likely N-dealkylation sites (N-methyl/N-ethyl adjacent to an activating group) is 1. The van der Waals surface area contributed by atoms with Crippen molar-refractivity contribution in [3.63, 3.8) is 0 Å². The standard InChI is InChI=1S/C13H14F3NO3/c1-17-10(7-18)11(20-12(17)19)6-8-3-2-4-9(5-8)13(14,15)16/h2-5,10-11,18H,6-7H2,1H3. The quantitative estimate of drug-likeness (QED) is 0.926. The number of halogens is 3. The SMILES string of the molecule is CN1C(=O)OC(Cc2cccc(C(F)(F)F)c2)C1CO. The van der Waals surface area contributed by atoms with Gasteiger partial charge in [-0.25, -0.2) is 4.79 Å². The van der Waals surface area contributed by atoms with Crippen molar-refractivity contribution >= 4 is 6.09 Å². The van der Waals surface area contributed by atoms with E-state index in [2.05, 4.69) is 0 Å². The highest BCUT2D eigenvalue weighted by molar-refractivity contribution is 5.70. The maximum atomic E-state index is 12.6. The molecule has 0 bridgehead atoms. The zero-order valence-corrected chi connectivity index (χ0v) is 10.7. The number of alkyl halides is 3. The van der Waals surface area contributed by atoms with Crippen LogP contribution in [0.15, 0.2) is 24.3 Å². The second kappa shape index (κ2) is 5.32. The van der Waals surface area contributed by atoms with Gasteiger partial charge in [0, 0.05) is 13.5 Å². The van der Waals surface area contributed by atoms with Crippen molar-refractivity contribution in [2.75, 3.05) is 13.7 Å². The van der Waals surface area contributed by atoms with Gasteiger partial charge in [0.25, 0.3) is 0 Å². The van der Waals surface area contributed by atoms with Crippen molar-refractivity contribution < 1.29 is 27.8 Å². The number of hydrogen-bond acceptors (Lipinski definition) is 3. The van der Waals surface area contributed by atoms with E-state index < -0.39 is 30.0 Å². The van der Waals surface area contributed by atoms with E-state index in [9.17, 15) is 23.1 Å². The molecule has 1 saturated heterocycles. The molecule has 0 aromatic heterocycles. The summed E-state index contributed by atoms with van der Waals surface area (Å²) in [5.41, 5.74) is -0.334. The Morgan fingerprint density at radius 3 is 2.70 bits per heavy atom. The number of carbonyl (C=O) groups excluding carboxylic acids is 1. The molecule has 2 atom stereocenters. The average Bonchev–Trinajstić information content (AvgIpc) is 2.64. The first kappa shape index (κ1) is 14.6. The van der Waals surface area contributed by atoms with Gasteiger partial charge in [-0.2, -0.15) is 13.2 Å². The highest BCUT2D eigenvalue weighted by atomic mass is 19.4. The molecule has 1 aliphatic rings. The molecule has 1 amide bonds. The van der Waals surface area contributed by atoms with Gasteiger partial charge in [-0.3, -0.25) is 0 Å². The van der Waals surface area contributed by atoms with Gasteiger partial charge in [-0.05, 0) is 11.6 Å². The monoisotopic (exact) mass is 289 g/mol. The molecule has 1 fully saturated rings. The Morgan fingerprint density at radius 1 is 1.40 bits per heavy atom. The van der Waals surface area contributed by atoms with Crippen LogP contribution in [0, 0.1) is 0 Å². The first-order valence-corrected chi connectivity index (χ1v) is 6.03. The molecular formula is C13H14F3NO3. The van der Waals surface area contributed by atoms with Crippen LogP contribution < -0.4 is 0 Å². The van der Waals surface area contributed by atoms with Crippen LogP contribution in [0.4, 0.5) is 18.0 Å². The van der Waals surface area contributed by atoms with E-state index in [1.165, 1.54) is 24.1 Å². The Labute approximate surface area is 113 Å². The van der Waals surface area contributed by atoms with Crippen LogP contribution in [0.5, 0.6) is 0 Å². The molecule has 2 unspecified atom stereocenters. The molecule has 0 spiro atoms. The van der Waals surface area contributed by atoms with Gasteiger partial charge in [0.1, 0.15) is 6.10 Å². The number of ether oxygens (including phenoxy) is 1. The fourth-order valence-corrected chi connectivity index (χ4v) is 2.20. The van der Waals surface area contributed by atoms with Crippen molar-refractivity contribution in [2.45, 2.75) is 24.7 Å². The number of cyclic esters (lactones) is 1. The Hall–Kier alpha value is -1.76. The molecule has 1 aromatic rings. The van der Waals surface area contributed by atoms with E-state index in [0.717, 1.165) is 12.1 Å². The molecule has 0 saturated carbocycles. The predicted octanol–water partition coefficient (Wildman–Crippen LogP) is 2.06. The largest absolute Gasteiger partial charge is 0.443 e. The fourth-order valence-electron chi connectivity index (χ4n) is 2.20. The molecule has 1 aromatic carbocycles. The highest BCUT2D eigenvalue weighted by Crippen LogP contribution is 2.30. The first-order valence-electron chi connectivity index (χ1n) is 6.03. The van der Waals surface area contributed by atoms with Crippen molar-refractivity contribution in [3.8, 4) is 0 Å². The number of aliphatic hydroxyl groups is 1. The van der Waals surface area contributed by atoms with E-state index in [1.54, 1.807) is 0 Å². The molecule has 1 N–H and O–H groups in total. The molecule has 20 heavy (non-hydrogen) atoms. The minimum atomic E-state index is -4.41. The molecule has 2 rings (SSSR count). The lowest BCUT2D eigenvalue weighted by atomic mass is 10.0. The maximum absolute atomic E-state index is 12.6. The van der Waals surface area contributed by atoms with Crippen LogP contribution in [0.1, 0.15) is 11.1 Å². The number of amides is 1. The zero-order chi connectivity index (χ0) is 14.9. The molecule has 4 nitrogen and oxygen atoms in total. The normalized spacial score (nSPS) is 23.1. The third-order valence-electron chi connectivity index (χ3n) is 3.35. The minimum absolute atomic E-state index is 0.130. The third kappa shape index (κ3) is 2.87. The molecular weight excluding hydrogens is 275 g/mol. The second-order valence-corrected chi connectivity index (χ2v) is 4.69. The number of hydrogen-bond donors (Lipinski definition) is 1.